The van der Waals surface area contributed by atoms with Crippen LogP contribution in [-0.4, -0.2) is 5.54 Å². The van der Waals surface area contributed by atoms with E-state index in [-0.39, 0.29) is 5.54 Å². The van der Waals surface area contributed by atoms with E-state index in [1.165, 1.54) is 48.8 Å². The zero-order valence-electron chi connectivity index (χ0n) is 13.7. The monoisotopic (exact) mass is 273 g/mol. The summed E-state index contributed by atoms with van der Waals surface area (Å²) in [5.41, 5.74) is 11.0. The normalized spacial score (nSPS) is 27.0. The summed E-state index contributed by atoms with van der Waals surface area (Å²) in [5.74, 6) is 1.63. The highest BCUT2D eigenvalue weighted by molar-refractivity contribution is 5.31. The second-order valence-corrected chi connectivity index (χ2v) is 7.55. The molecule has 1 fully saturated rings. The van der Waals surface area contributed by atoms with Gasteiger partial charge in [0.15, 0.2) is 0 Å². The van der Waals surface area contributed by atoms with E-state index in [2.05, 4.69) is 45.9 Å². The smallest absolute Gasteiger partial charge is 0.0197 e. The Morgan fingerprint density at radius 3 is 2.65 bits per heavy atom. The van der Waals surface area contributed by atoms with Crippen LogP contribution in [0.25, 0.3) is 0 Å². The third-order valence-electron chi connectivity index (χ3n) is 4.91. The minimum absolute atomic E-state index is 0.0273. The first-order chi connectivity index (χ1) is 9.38. The van der Waals surface area contributed by atoms with Crippen molar-refractivity contribution in [1.82, 2.24) is 0 Å². The van der Waals surface area contributed by atoms with E-state index in [1.807, 2.05) is 0 Å². The van der Waals surface area contributed by atoms with Gasteiger partial charge >= 0.3 is 0 Å². The zero-order valence-corrected chi connectivity index (χ0v) is 13.7. The lowest BCUT2D eigenvalue weighted by molar-refractivity contribution is 0.200. The maximum Gasteiger partial charge on any atom is 0.0197 e. The van der Waals surface area contributed by atoms with Gasteiger partial charge in [-0.1, -0.05) is 44.9 Å². The molecule has 2 rings (SSSR count). The zero-order chi connectivity index (χ0) is 14.8. The molecule has 2 unspecified atom stereocenters. The molecule has 0 heterocycles. The fourth-order valence-corrected chi connectivity index (χ4v) is 3.87. The molecule has 20 heavy (non-hydrogen) atoms. The lowest BCUT2D eigenvalue weighted by atomic mass is 9.71. The third-order valence-corrected chi connectivity index (χ3v) is 4.91. The van der Waals surface area contributed by atoms with Gasteiger partial charge in [-0.05, 0) is 68.1 Å². The summed E-state index contributed by atoms with van der Waals surface area (Å²) in [5, 5.41) is 0. The Hall–Kier alpha value is -0.820. The SMILES string of the molecule is Cc1ccc(CC2(N)CCCC(CC(C)C)C2)cc1C. The van der Waals surface area contributed by atoms with Crippen LogP contribution in [-0.2, 0) is 6.42 Å². The second-order valence-electron chi connectivity index (χ2n) is 7.55. The van der Waals surface area contributed by atoms with Gasteiger partial charge in [-0.3, -0.25) is 0 Å². The molecule has 0 bridgehead atoms. The first-order valence-corrected chi connectivity index (χ1v) is 8.23. The summed E-state index contributed by atoms with van der Waals surface area (Å²) < 4.78 is 0. The lowest BCUT2D eigenvalue weighted by Gasteiger charge is -2.39. The minimum Gasteiger partial charge on any atom is -0.325 e. The summed E-state index contributed by atoms with van der Waals surface area (Å²) in [6, 6.07) is 6.83. The average Bonchev–Trinajstić information content (AvgIpc) is 2.32. The Morgan fingerprint density at radius 2 is 2.00 bits per heavy atom. The summed E-state index contributed by atoms with van der Waals surface area (Å²) in [6.07, 6.45) is 7.46. The van der Waals surface area contributed by atoms with E-state index in [0.717, 1.165) is 18.3 Å². The molecule has 0 saturated heterocycles. The number of hydrogen-bond donors (Lipinski definition) is 1. The van der Waals surface area contributed by atoms with E-state index >= 15 is 0 Å². The lowest BCUT2D eigenvalue weighted by Crippen LogP contribution is -2.46. The van der Waals surface area contributed by atoms with Gasteiger partial charge in [-0.2, -0.15) is 0 Å². The highest BCUT2D eigenvalue weighted by Crippen LogP contribution is 2.36. The van der Waals surface area contributed by atoms with Gasteiger partial charge < -0.3 is 5.73 Å². The quantitative estimate of drug-likeness (QED) is 0.839. The van der Waals surface area contributed by atoms with Crippen LogP contribution in [0.4, 0.5) is 0 Å². The van der Waals surface area contributed by atoms with Gasteiger partial charge in [0, 0.05) is 5.54 Å². The largest absolute Gasteiger partial charge is 0.325 e. The molecule has 1 saturated carbocycles. The highest BCUT2D eigenvalue weighted by atomic mass is 14.7. The van der Waals surface area contributed by atoms with Crippen molar-refractivity contribution in [1.29, 1.82) is 0 Å². The van der Waals surface area contributed by atoms with Crippen LogP contribution in [0.2, 0.25) is 0 Å². The average molecular weight is 273 g/mol. The summed E-state index contributed by atoms with van der Waals surface area (Å²) >= 11 is 0. The minimum atomic E-state index is 0.0273. The Bertz CT molecular complexity index is 449. The van der Waals surface area contributed by atoms with Crippen molar-refractivity contribution in [3.8, 4) is 0 Å². The molecule has 0 spiro atoms. The molecule has 0 radical (unpaired) electrons. The van der Waals surface area contributed by atoms with Crippen molar-refractivity contribution in [2.24, 2.45) is 17.6 Å². The van der Waals surface area contributed by atoms with Crippen molar-refractivity contribution >= 4 is 0 Å². The molecule has 1 aromatic rings. The Labute approximate surface area is 125 Å². The van der Waals surface area contributed by atoms with Crippen molar-refractivity contribution in [3.05, 3.63) is 34.9 Å². The molecular formula is C19H31N. The first-order valence-electron chi connectivity index (χ1n) is 8.23. The number of rotatable bonds is 4. The standard InChI is InChI=1S/C19H31N/c1-14(2)10-17-6-5-9-19(20,12-17)13-18-8-7-15(3)16(4)11-18/h7-8,11,14,17H,5-6,9-10,12-13,20H2,1-4H3. The highest BCUT2D eigenvalue weighted by Gasteiger charge is 2.33. The molecule has 1 heteroatoms. The van der Waals surface area contributed by atoms with Crippen molar-refractivity contribution in [2.75, 3.05) is 0 Å². The van der Waals surface area contributed by atoms with Gasteiger partial charge in [-0.15, -0.1) is 0 Å². The molecule has 0 amide bonds. The topological polar surface area (TPSA) is 26.0 Å². The van der Waals surface area contributed by atoms with Gasteiger partial charge in [0.2, 0.25) is 0 Å². The van der Waals surface area contributed by atoms with Crippen LogP contribution in [0, 0.1) is 25.7 Å². The first kappa shape index (κ1) is 15.6. The van der Waals surface area contributed by atoms with E-state index < -0.39 is 0 Å². The molecule has 1 nitrogen and oxygen atoms in total. The molecule has 0 aromatic heterocycles. The predicted octanol–water partition coefficient (Wildman–Crippen LogP) is 4.78. The molecule has 1 aliphatic rings. The number of nitrogens with two attached hydrogens (primary N) is 1. The molecular weight excluding hydrogens is 242 g/mol. The predicted molar refractivity (Wildman–Crippen MR) is 88.0 cm³/mol. The maximum atomic E-state index is 6.75. The summed E-state index contributed by atoms with van der Waals surface area (Å²) in [4.78, 5) is 0. The van der Waals surface area contributed by atoms with E-state index in [4.69, 9.17) is 5.73 Å². The second kappa shape index (κ2) is 6.30. The van der Waals surface area contributed by atoms with E-state index in [9.17, 15) is 0 Å². The van der Waals surface area contributed by atoms with Gasteiger partial charge in [0.25, 0.3) is 0 Å². The van der Waals surface area contributed by atoms with E-state index in [1.54, 1.807) is 0 Å². The van der Waals surface area contributed by atoms with Gasteiger partial charge in [0.05, 0.1) is 0 Å². The Morgan fingerprint density at radius 1 is 1.25 bits per heavy atom. The molecule has 1 aromatic carbocycles. The van der Waals surface area contributed by atoms with Crippen LogP contribution in [0.15, 0.2) is 18.2 Å². The maximum absolute atomic E-state index is 6.75. The van der Waals surface area contributed by atoms with Crippen molar-refractivity contribution < 1.29 is 0 Å². The molecule has 2 N–H and O–H groups in total. The van der Waals surface area contributed by atoms with Gasteiger partial charge in [-0.25, -0.2) is 0 Å². The van der Waals surface area contributed by atoms with Crippen LogP contribution in [0.5, 0.6) is 0 Å². The molecule has 112 valence electrons. The van der Waals surface area contributed by atoms with E-state index in [0.29, 0.717) is 0 Å². The van der Waals surface area contributed by atoms with Crippen LogP contribution < -0.4 is 5.73 Å². The Kier molecular flexibility index (Phi) is 4.90. The van der Waals surface area contributed by atoms with Crippen molar-refractivity contribution in [3.63, 3.8) is 0 Å². The summed E-state index contributed by atoms with van der Waals surface area (Å²) in [7, 11) is 0. The number of aryl methyl sites for hydroxylation is 2. The fraction of sp³-hybridized carbons (Fsp3) is 0.684. The number of hydrogen-bond acceptors (Lipinski definition) is 1. The van der Waals surface area contributed by atoms with Crippen LogP contribution in [0.1, 0.15) is 62.6 Å². The molecule has 1 aliphatic carbocycles. The van der Waals surface area contributed by atoms with Crippen LogP contribution in [0.3, 0.4) is 0 Å². The summed E-state index contributed by atoms with van der Waals surface area (Å²) in [6.45, 7) is 9.04. The number of benzene rings is 1. The van der Waals surface area contributed by atoms with Crippen LogP contribution >= 0.6 is 0 Å². The molecule has 0 aliphatic heterocycles. The third kappa shape index (κ3) is 4.09. The van der Waals surface area contributed by atoms with Crippen molar-refractivity contribution in [2.45, 2.75) is 71.8 Å². The Balaban J connectivity index is 2.04. The fourth-order valence-electron chi connectivity index (χ4n) is 3.87. The van der Waals surface area contributed by atoms with Gasteiger partial charge in [0.1, 0.15) is 0 Å². The molecule has 2 atom stereocenters.